The minimum absolute atomic E-state index is 0.0203. The number of nitrogens with zero attached hydrogens (tertiary/aromatic N) is 1. The third kappa shape index (κ3) is 6.93. The minimum Gasteiger partial charge on any atom is -0.494 e. The predicted molar refractivity (Wildman–Crippen MR) is 163 cm³/mol. The average molecular weight is 659 g/mol. The number of benzene rings is 3. The Bertz CT molecular complexity index is 1790. The molecule has 3 amide bonds. The van der Waals surface area contributed by atoms with Crippen LogP contribution < -0.4 is 21.1 Å². The van der Waals surface area contributed by atoms with Crippen LogP contribution in [0.2, 0.25) is 0 Å². The Morgan fingerprint density at radius 1 is 1.07 bits per heavy atom. The van der Waals surface area contributed by atoms with Crippen molar-refractivity contribution in [3.8, 4) is 5.75 Å². The van der Waals surface area contributed by atoms with E-state index in [0.717, 1.165) is 31.4 Å². The molecule has 0 bridgehead atoms. The molecule has 12 nitrogen and oxygen atoms in total. The largest absolute Gasteiger partial charge is 0.494 e. The maximum absolute atomic E-state index is 15.0. The fourth-order valence-electron chi connectivity index (χ4n) is 5.32. The summed E-state index contributed by atoms with van der Waals surface area (Å²) in [5.74, 6) is -4.55. The number of carbonyl (C=O) groups is 4. The number of sulfone groups is 1. The van der Waals surface area contributed by atoms with Crippen molar-refractivity contribution in [3.05, 3.63) is 82.9 Å². The smallest absolute Gasteiger partial charge is 0.411 e. The average Bonchev–Trinajstić information content (AvgIpc) is 3.48. The van der Waals surface area contributed by atoms with Gasteiger partial charge in [0.1, 0.15) is 18.1 Å². The molecule has 4 N–H and O–H groups in total. The lowest BCUT2D eigenvalue weighted by atomic mass is 9.93. The van der Waals surface area contributed by atoms with E-state index in [1.165, 1.54) is 49.3 Å². The van der Waals surface area contributed by atoms with Gasteiger partial charge in [0.05, 0.1) is 36.6 Å². The first kappa shape index (κ1) is 33.8. The minimum atomic E-state index is -3.92. The van der Waals surface area contributed by atoms with Crippen LogP contribution in [0.4, 0.5) is 25.0 Å². The number of aldehydes is 1. The Balaban J connectivity index is 1.89. The van der Waals surface area contributed by atoms with E-state index in [9.17, 15) is 32.0 Å². The number of likely N-dealkylation sites (tertiary alicyclic amines) is 1. The van der Waals surface area contributed by atoms with Gasteiger partial charge in [-0.2, -0.15) is 0 Å². The number of primary amides is 1. The van der Waals surface area contributed by atoms with Crippen LogP contribution in [0.1, 0.15) is 46.9 Å². The van der Waals surface area contributed by atoms with Gasteiger partial charge in [0.25, 0.3) is 0 Å². The van der Waals surface area contributed by atoms with Crippen LogP contribution in [-0.4, -0.2) is 64.0 Å². The topological polar surface area (TPSA) is 174 Å². The number of rotatable bonds is 11. The number of anilines is 2. The summed E-state index contributed by atoms with van der Waals surface area (Å²) >= 11 is 0. The molecule has 4 rings (SSSR count). The van der Waals surface area contributed by atoms with Crippen molar-refractivity contribution in [2.75, 3.05) is 37.2 Å². The second-order valence-electron chi connectivity index (χ2n) is 10.4. The third-order valence-electron chi connectivity index (χ3n) is 7.68. The molecule has 1 saturated heterocycles. The van der Waals surface area contributed by atoms with Crippen molar-refractivity contribution in [1.29, 1.82) is 0 Å². The molecule has 244 valence electrons. The number of halogens is 2. The molecule has 1 fully saturated rings. The summed E-state index contributed by atoms with van der Waals surface area (Å²) in [5.41, 5.74) is 5.37. The van der Waals surface area contributed by atoms with Gasteiger partial charge in [-0.3, -0.25) is 14.9 Å². The van der Waals surface area contributed by atoms with Gasteiger partial charge in [-0.1, -0.05) is 13.0 Å². The second-order valence-corrected chi connectivity index (χ2v) is 12.6. The molecule has 0 aromatic heterocycles. The summed E-state index contributed by atoms with van der Waals surface area (Å²) in [6, 6.07) is 8.20. The van der Waals surface area contributed by atoms with E-state index in [-0.39, 0.29) is 57.4 Å². The van der Waals surface area contributed by atoms with Crippen molar-refractivity contribution in [1.82, 2.24) is 4.90 Å². The summed E-state index contributed by atoms with van der Waals surface area (Å²) in [6.45, 7) is 1.42. The maximum Gasteiger partial charge on any atom is 0.411 e. The van der Waals surface area contributed by atoms with Crippen LogP contribution in [0.5, 0.6) is 5.75 Å². The molecule has 1 aliphatic rings. The van der Waals surface area contributed by atoms with Crippen molar-refractivity contribution >= 4 is 45.4 Å². The number of hydrogen-bond acceptors (Lipinski definition) is 9. The molecule has 15 heteroatoms. The van der Waals surface area contributed by atoms with Crippen molar-refractivity contribution in [2.24, 2.45) is 11.7 Å². The maximum atomic E-state index is 15.0. The van der Waals surface area contributed by atoms with E-state index < -0.39 is 57.4 Å². The van der Waals surface area contributed by atoms with Gasteiger partial charge in [-0.15, -0.1) is 0 Å². The van der Waals surface area contributed by atoms with Gasteiger partial charge in [-0.25, -0.2) is 22.0 Å². The summed E-state index contributed by atoms with van der Waals surface area (Å²) in [7, 11) is -1.55. The first-order valence-corrected chi connectivity index (χ1v) is 15.7. The molecular weight excluding hydrogens is 626 g/mol. The van der Waals surface area contributed by atoms with Gasteiger partial charge < -0.3 is 30.2 Å². The molecule has 3 aromatic rings. The predicted octanol–water partition coefficient (Wildman–Crippen LogP) is 3.99. The monoisotopic (exact) mass is 658 g/mol. The standard InChI is InChI=1S/C31H32F2N4O8S/c1-4-46(42,43)26-10-7-20(35-31(41)45-3)15-21(26)28-19(16-38)11-12-37(28)30(40)27(17-5-9-23(33)25(14-17)44-2)36-24-13-18(29(34)39)6-8-22(24)32/h5-10,13-16,19,27-28,36H,4,11-12H2,1-3H3,(H2,34,39)(H,35,41)/t19-,27+,28+/m0/s1. The molecule has 0 spiro atoms. The fourth-order valence-corrected chi connectivity index (χ4v) is 6.45. The molecular formula is C31H32F2N4O8S. The molecule has 3 atom stereocenters. The fraction of sp³-hybridized carbons (Fsp3) is 0.290. The molecule has 0 aliphatic carbocycles. The number of nitrogens with two attached hydrogens (primary N) is 1. The molecule has 0 unspecified atom stereocenters. The number of ether oxygens (including phenoxy) is 2. The SMILES string of the molecule is CCS(=O)(=O)c1ccc(NC(=O)OC)cc1[C@H]1[C@H](C=O)CCN1C(=O)[C@H](Nc1cc(C(N)=O)ccc1F)c1ccc(F)c(OC)c1. The summed E-state index contributed by atoms with van der Waals surface area (Å²) < 4.78 is 65.6. The zero-order chi connectivity index (χ0) is 33.8. The lowest BCUT2D eigenvalue weighted by molar-refractivity contribution is -0.133. The van der Waals surface area contributed by atoms with E-state index in [2.05, 4.69) is 15.4 Å². The van der Waals surface area contributed by atoms with Crippen LogP contribution >= 0.6 is 0 Å². The lowest BCUT2D eigenvalue weighted by Crippen LogP contribution is -2.39. The number of methoxy groups -OCH3 is 2. The normalized spacial score (nSPS) is 16.8. The van der Waals surface area contributed by atoms with Gasteiger partial charge >= 0.3 is 6.09 Å². The summed E-state index contributed by atoms with van der Waals surface area (Å²) in [6.07, 6.45) is -0.0799. The van der Waals surface area contributed by atoms with E-state index in [1.54, 1.807) is 0 Å². The zero-order valence-electron chi connectivity index (χ0n) is 25.1. The van der Waals surface area contributed by atoms with E-state index in [1.807, 2.05) is 0 Å². The quantitative estimate of drug-likeness (QED) is 0.258. The van der Waals surface area contributed by atoms with Crippen molar-refractivity contribution in [3.63, 3.8) is 0 Å². The van der Waals surface area contributed by atoms with Crippen LogP contribution in [0.25, 0.3) is 0 Å². The van der Waals surface area contributed by atoms with Crippen molar-refractivity contribution in [2.45, 2.75) is 30.3 Å². The Hall–Kier alpha value is -5.05. The van der Waals surface area contributed by atoms with Crippen LogP contribution in [0, 0.1) is 17.6 Å². The van der Waals surface area contributed by atoms with Crippen LogP contribution in [0.3, 0.4) is 0 Å². The summed E-state index contributed by atoms with van der Waals surface area (Å²) in [5, 5.41) is 5.24. The first-order valence-electron chi connectivity index (χ1n) is 14.0. The second kappa shape index (κ2) is 13.9. The van der Waals surface area contributed by atoms with Gasteiger partial charge in [-0.05, 0) is 66.1 Å². The zero-order valence-corrected chi connectivity index (χ0v) is 25.9. The Kier molecular flexibility index (Phi) is 10.2. The highest BCUT2D eigenvalue weighted by Crippen LogP contribution is 2.42. The van der Waals surface area contributed by atoms with E-state index >= 15 is 4.39 Å². The number of amides is 3. The van der Waals surface area contributed by atoms with E-state index in [0.29, 0.717) is 6.29 Å². The number of carbonyl (C=O) groups excluding carboxylic acids is 4. The molecule has 46 heavy (non-hydrogen) atoms. The Labute approximate surface area is 263 Å². The van der Waals surface area contributed by atoms with Crippen LogP contribution in [0.15, 0.2) is 59.5 Å². The number of hydrogen-bond donors (Lipinski definition) is 3. The molecule has 1 aliphatic heterocycles. The molecule has 3 aromatic carbocycles. The molecule has 0 saturated carbocycles. The summed E-state index contributed by atoms with van der Waals surface area (Å²) in [4.78, 5) is 51.8. The first-order chi connectivity index (χ1) is 21.8. The van der Waals surface area contributed by atoms with Crippen molar-refractivity contribution < 1.29 is 45.9 Å². The third-order valence-corrected chi connectivity index (χ3v) is 9.49. The highest BCUT2D eigenvalue weighted by molar-refractivity contribution is 7.91. The van der Waals surface area contributed by atoms with E-state index in [4.69, 9.17) is 10.5 Å². The van der Waals surface area contributed by atoms with Crippen LogP contribution in [-0.2, 0) is 24.2 Å². The lowest BCUT2D eigenvalue weighted by Gasteiger charge is -2.32. The highest BCUT2D eigenvalue weighted by Gasteiger charge is 2.43. The molecule has 1 heterocycles. The van der Waals surface area contributed by atoms with Gasteiger partial charge in [0.15, 0.2) is 21.4 Å². The van der Waals surface area contributed by atoms with Gasteiger partial charge in [0, 0.05) is 23.7 Å². The Morgan fingerprint density at radius 3 is 2.41 bits per heavy atom. The van der Waals surface area contributed by atoms with Gasteiger partial charge in [0.2, 0.25) is 11.8 Å². The number of nitrogens with one attached hydrogen (secondary N) is 2. The highest BCUT2D eigenvalue weighted by atomic mass is 32.2. The molecule has 0 radical (unpaired) electrons. The Morgan fingerprint density at radius 2 is 1.78 bits per heavy atom.